The zero-order valence-electron chi connectivity index (χ0n) is 14.3. The van der Waals surface area contributed by atoms with Crippen molar-refractivity contribution in [2.45, 2.75) is 60.5 Å². The van der Waals surface area contributed by atoms with E-state index in [9.17, 15) is 4.79 Å². The molecular weight excluding hydrogens is 260 g/mol. The van der Waals surface area contributed by atoms with Crippen LogP contribution in [0, 0.1) is 11.3 Å². The van der Waals surface area contributed by atoms with Crippen LogP contribution in [0.15, 0.2) is 24.3 Å². The number of nitrogens with two attached hydrogens (primary N) is 1. The van der Waals surface area contributed by atoms with Gasteiger partial charge in [0.2, 0.25) is 5.91 Å². The molecule has 0 spiro atoms. The second-order valence-corrected chi connectivity index (χ2v) is 7.33. The summed E-state index contributed by atoms with van der Waals surface area (Å²) in [6, 6.07) is 7.95. The molecule has 0 bridgehead atoms. The average molecular weight is 290 g/mol. The Bertz CT molecular complexity index is 474. The van der Waals surface area contributed by atoms with Gasteiger partial charge in [-0.15, -0.1) is 0 Å². The highest BCUT2D eigenvalue weighted by atomic mass is 16.2. The van der Waals surface area contributed by atoms with Gasteiger partial charge < -0.3 is 10.6 Å². The highest BCUT2D eigenvalue weighted by Gasteiger charge is 2.26. The van der Waals surface area contributed by atoms with E-state index < -0.39 is 0 Å². The Hall–Kier alpha value is -1.51. The summed E-state index contributed by atoms with van der Waals surface area (Å²) in [4.78, 5) is 14.6. The van der Waals surface area contributed by atoms with E-state index in [1.807, 2.05) is 29.2 Å². The van der Waals surface area contributed by atoms with Crippen LogP contribution < -0.4 is 5.73 Å². The lowest BCUT2D eigenvalue weighted by molar-refractivity contribution is -0.135. The van der Waals surface area contributed by atoms with Gasteiger partial charge in [0, 0.05) is 24.7 Å². The maximum atomic E-state index is 12.6. The van der Waals surface area contributed by atoms with Gasteiger partial charge in [-0.2, -0.15) is 0 Å². The number of hydrogen-bond acceptors (Lipinski definition) is 2. The predicted octanol–water partition coefficient (Wildman–Crippen LogP) is 4.08. The zero-order valence-corrected chi connectivity index (χ0v) is 14.3. The van der Waals surface area contributed by atoms with E-state index in [0.29, 0.717) is 18.9 Å². The minimum atomic E-state index is 0.148. The van der Waals surface area contributed by atoms with Crippen molar-refractivity contribution < 1.29 is 4.79 Å². The number of nitrogen functional groups attached to an aromatic ring is 1. The summed E-state index contributed by atoms with van der Waals surface area (Å²) >= 11 is 0. The summed E-state index contributed by atoms with van der Waals surface area (Å²) in [7, 11) is 0. The van der Waals surface area contributed by atoms with Crippen LogP contribution in [0.25, 0.3) is 0 Å². The maximum absolute atomic E-state index is 12.6. The number of carbonyl (C=O) groups excluding carboxylic acids is 1. The Kier molecular flexibility index (Phi) is 5.82. The Labute approximate surface area is 129 Å². The number of rotatable bonds is 5. The molecule has 0 fully saturated rings. The molecule has 2 N–H and O–H groups in total. The third-order valence-corrected chi connectivity index (χ3v) is 4.21. The summed E-state index contributed by atoms with van der Waals surface area (Å²) < 4.78 is 0. The molecule has 0 aliphatic rings. The summed E-state index contributed by atoms with van der Waals surface area (Å²) in [6.45, 7) is 13.4. The highest BCUT2D eigenvalue weighted by Crippen LogP contribution is 2.29. The summed E-state index contributed by atoms with van der Waals surface area (Å²) in [6.07, 6.45) is 0.587. The van der Waals surface area contributed by atoms with Gasteiger partial charge in [0.1, 0.15) is 0 Å². The number of carbonyl (C=O) groups is 1. The summed E-state index contributed by atoms with van der Waals surface area (Å²) in [5.41, 5.74) is 7.80. The molecular formula is C18H30N2O. The quantitative estimate of drug-likeness (QED) is 0.831. The minimum absolute atomic E-state index is 0.148. The molecule has 1 rings (SSSR count). The highest BCUT2D eigenvalue weighted by molar-refractivity contribution is 5.76. The largest absolute Gasteiger partial charge is 0.399 e. The van der Waals surface area contributed by atoms with Gasteiger partial charge in [-0.3, -0.25) is 4.79 Å². The molecule has 1 amide bonds. The van der Waals surface area contributed by atoms with Gasteiger partial charge in [-0.1, -0.05) is 39.8 Å². The van der Waals surface area contributed by atoms with Crippen molar-refractivity contribution >= 4 is 11.6 Å². The van der Waals surface area contributed by atoms with Gasteiger partial charge in [0.05, 0.1) is 0 Å². The predicted molar refractivity (Wildman–Crippen MR) is 89.8 cm³/mol. The fourth-order valence-electron chi connectivity index (χ4n) is 2.13. The molecule has 0 saturated heterocycles. The molecule has 21 heavy (non-hydrogen) atoms. The van der Waals surface area contributed by atoms with Crippen molar-refractivity contribution in [2.24, 2.45) is 11.3 Å². The van der Waals surface area contributed by atoms with Crippen LogP contribution in [0.3, 0.4) is 0 Å². The van der Waals surface area contributed by atoms with Gasteiger partial charge in [0.25, 0.3) is 0 Å². The Balaban J connectivity index is 2.80. The molecule has 0 radical (unpaired) electrons. The van der Waals surface area contributed by atoms with Crippen molar-refractivity contribution in [3.05, 3.63) is 29.8 Å². The van der Waals surface area contributed by atoms with E-state index in [2.05, 4.69) is 41.5 Å². The SMILES string of the molecule is CC(C)N(Cc1cccc(N)c1)C(=O)CC(C)C(C)(C)C. The zero-order chi connectivity index (χ0) is 16.2. The number of anilines is 1. The molecule has 0 heterocycles. The summed E-state index contributed by atoms with van der Waals surface area (Å²) in [5, 5.41) is 0. The van der Waals surface area contributed by atoms with E-state index in [1.165, 1.54) is 0 Å². The van der Waals surface area contributed by atoms with Crippen molar-refractivity contribution in [3.8, 4) is 0 Å². The van der Waals surface area contributed by atoms with E-state index >= 15 is 0 Å². The van der Waals surface area contributed by atoms with Gasteiger partial charge in [-0.25, -0.2) is 0 Å². The van der Waals surface area contributed by atoms with Crippen molar-refractivity contribution in [1.82, 2.24) is 4.90 Å². The average Bonchev–Trinajstić information content (AvgIpc) is 2.34. The van der Waals surface area contributed by atoms with E-state index in [1.54, 1.807) is 0 Å². The van der Waals surface area contributed by atoms with Gasteiger partial charge in [-0.05, 0) is 42.9 Å². The first kappa shape index (κ1) is 17.5. The lowest BCUT2D eigenvalue weighted by Gasteiger charge is -2.32. The molecule has 0 saturated carbocycles. The number of benzene rings is 1. The van der Waals surface area contributed by atoms with Crippen LogP contribution in [0.4, 0.5) is 5.69 Å². The maximum Gasteiger partial charge on any atom is 0.223 e. The van der Waals surface area contributed by atoms with E-state index in [0.717, 1.165) is 11.3 Å². The smallest absolute Gasteiger partial charge is 0.223 e. The lowest BCUT2D eigenvalue weighted by Crippen LogP contribution is -2.38. The third kappa shape index (κ3) is 5.41. The molecule has 1 unspecified atom stereocenters. The van der Waals surface area contributed by atoms with Crippen molar-refractivity contribution in [2.75, 3.05) is 5.73 Å². The molecule has 3 heteroatoms. The molecule has 0 aliphatic carbocycles. The molecule has 3 nitrogen and oxygen atoms in total. The van der Waals surface area contributed by atoms with Crippen LogP contribution in [-0.2, 0) is 11.3 Å². The van der Waals surface area contributed by atoms with Crippen LogP contribution in [-0.4, -0.2) is 16.8 Å². The van der Waals surface area contributed by atoms with Gasteiger partial charge >= 0.3 is 0 Å². The standard InChI is InChI=1S/C18H30N2O/c1-13(2)20(12-15-8-7-9-16(19)11-15)17(21)10-14(3)18(4,5)6/h7-9,11,13-14H,10,12,19H2,1-6H3. The van der Waals surface area contributed by atoms with Crippen LogP contribution in [0.2, 0.25) is 0 Å². The number of nitrogens with zero attached hydrogens (tertiary/aromatic N) is 1. The minimum Gasteiger partial charge on any atom is -0.399 e. The van der Waals surface area contributed by atoms with Gasteiger partial charge in [0.15, 0.2) is 0 Å². The fourth-order valence-corrected chi connectivity index (χ4v) is 2.13. The Morgan fingerprint density at radius 2 is 1.86 bits per heavy atom. The van der Waals surface area contributed by atoms with Crippen LogP contribution in [0.1, 0.15) is 53.5 Å². The van der Waals surface area contributed by atoms with E-state index in [4.69, 9.17) is 5.73 Å². The topological polar surface area (TPSA) is 46.3 Å². The first-order valence-electron chi connectivity index (χ1n) is 7.75. The molecule has 1 aromatic carbocycles. The second-order valence-electron chi connectivity index (χ2n) is 7.33. The molecule has 0 aliphatic heterocycles. The lowest BCUT2D eigenvalue weighted by atomic mass is 9.80. The molecule has 1 aromatic rings. The van der Waals surface area contributed by atoms with Crippen molar-refractivity contribution in [3.63, 3.8) is 0 Å². The van der Waals surface area contributed by atoms with E-state index in [-0.39, 0.29) is 17.4 Å². The second kappa shape index (κ2) is 6.97. The monoisotopic (exact) mass is 290 g/mol. The first-order chi connectivity index (χ1) is 9.61. The third-order valence-electron chi connectivity index (χ3n) is 4.21. The Morgan fingerprint density at radius 3 is 2.33 bits per heavy atom. The van der Waals surface area contributed by atoms with Crippen LogP contribution in [0.5, 0.6) is 0 Å². The molecule has 1 atom stereocenters. The molecule has 118 valence electrons. The molecule has 0 aromatic heterocycles. The Morgan fingerprint density at radius 1 is 1.24 bits per heavy atom. The number of hydrogen-bond donors (Lipinski definition) is 1. The van der Waals surface area contributed by atoms with Crippen molar-refractivity contribution in [1.29, 1.82) is 0 Å². The number of amides is 1. The fraction of sp³-hybridized carbons (Fsp3) is 0.611. The first-order valence-corrected chi connectivity index (χ1v) is 7.75. The normalized spacial score (nSPS) is 13.3. The summed E-state index contributed by atoms with van der Waals surface area (Å²) in [5.74, 6) is 0.571. The van der Waals surface area contributed by atoms with Crippen LogP contribution >= 0.6 is 0 Å².